The van der Waals surface area contributed by atoms with Crippen LogP contribution in [0.2, 0.25) is 0 Å². The number of carbonyl (C=O) groups excluding carboxylic acids is 1. The third-order valence-electron chi connectivity index (χ3n) is 2.78. The average Bonchev–Trinajstić information content (AvgIpc) is 2.19. The smallest absolute Gasteiger partial charge is 0.137 e. The molecule has 0 saturated carbocycles. The lowest BCUT2D eigenvalue weighted by atomic mass is 9.92. The molecule has 1 atom stereocenters. The van der Waals surface area contributed by atoms with Crippen molar-refractivity contribution in [2.24, 2.45) is 5.92 Å². The van der Waals surface area contributed by atoms with E-state index in [2.05, 4.69) is 12.2 Å². The van der Waals surface area contributed by atoms with E-state index in [-0.39, 0.29) is 0 Å². The van der Waals surface area contributed by atoms with Gasteiger partial charge in [0.25, 0.3) is 0 Å². The van der Waals surface area contributed by atoms with Gasteiger partial charge in [0.1, 0.15) is 5.78 Å². The summed E-state index contributed by atoms with van der Waals surface area (Å²) in [7, 11) is 0. The van der Waals surface area contributed by atoms with Gasteiger partial charge in [-0.2, -0.15) is 0 Å². The highest BCUT2D eigenvalue weighted by molar-refractivity contribution is 5.81. The third-order valence-corrected chi connectivity index (χ3v) is 2.78. The van der Waals surface area contributed by atoms with Crippen molar-refractivity contribution < 1.29 is 4.79 Å². The summed E-state index contributed by atoms with van der Waals surface area (Å²) in [6, 6.07) is 0. The molecule has 76 valence electrons. The summed E-state index contributed by atoms with van der Waals surface area (Å²) in [4.78, 5) is 11.6. The molecule has 0 aromatic heterocycles. The summed E-state index contributed by atoms with van der Waals surface area (Å²) in [5.74, 6) is 0.811. The number of hydrogen-bond acceptors (Lipinski definition) is 2. The Kier molecular flexibility index (Phi) is 5.06. The molecule has 13 heavy (non-hydrogen) atoms. The minimum absolute atomic E-state index is 0.325. The molecule has 1 heterocycles. The Labute approximate surface area is 81.1 Å². The number of Topliss-reactive ketones (excluding diaryl/α,β-unsaturated/α-hetero) is 1. The highest BCUT2D eigenvalue weighted by Crippen LogP contribution is 2.14. The molecule has 0 aliphatic carbocycles. The van der Waals surface area contributed by atoms with Crippen LogP contribution in [0, 0.1) is 5.92 Å². The Bertz CT molecular complexity index is 150. The van der Waals surface area contributed by atoms with Gasteiger partial charge >= 0.3 is 0 Å². The van der Waals surface area contributed by atoms with Crippen LogP contribution in [-0.2, 0) is 4.79 Å². The molecule has 1 N–H and O–H groups in total. The Balaban J connectivity index is 2.13. The van der Waals surface area contributed by atoms with Crippen LogP contribution in [0.4, 0.5) is 0 Å². The zero-order valence-electron chi connectivity index (χ0n) is 8.64. The lowest BCUT2D eigenvalue weighted by Crippen LogP contribution is -2.34. The van der Waals surface area contributed by atoms with Gasteiger partial charge in [0.05, 0.1) is 0 Å². The summed E-state index contributed by atoms with van der Waals surface area (Å²) in [5, 5.41) is 3.29. The van der Waals surface area contributed by atoms with Crippen LogP contribution in [0.5, 0.6) is 0 Å². The minimum atomic E-state index is 0.325. The predicted molar refractivity (Wildman–Crippen MR) is 54.7 cm³/mol. The molecule has 1 saturated heterocycles. The SMILES string of the molecule is CCCCCC(=O)[C@H]1CCCNC1. The number of unbranched alkanes of at least 4 members (excludes halogenated alkanes) is 2. The molecule has 0 aromatic rings. The summed E-state index contributed by atoms with van der Waals surface area (Å²) < 4.78 is 0. The van der Waals surface area contributed by atoms with E-state index in [0.717, 1.165) is 32.4 Å². The van der Waals surface area contributed by atoms with E-state index >= 15 is 0 Å². The normalized spacial score (nSPS) is 23.0. The van der Waals surface area contributed by atoms with Crippen molar-refractivity contribution in [3.63, 3.8) is 0 Å². The Hall–Kier alpha value is -0.370. The van der Waals surface area contributed by atoms with Gasteiger partial charge in [0.2, 0.25) is 0 Å². The van der Waals surface area contributed by atoms with Crippen molar-refractivity contribution in [2.75, 3.05) is 13.1 Å². The Morgan fingerprint density at radius 2 is 2.31 bits per heavy atom. The van der Waals surface area contributed by atoms with E-state index in [4.69, 9.17) is 0 Å². The first-order valence-electron chi connectivity index (χ1n) is 5.58. The van der Waals surface area contributed by atoms with E-state index in [1.54, 1.807) is 0 Å². The van der Waals surface area contributed by atoms with Crippen molar-refractivity contribution in [1.29, 1.82) is 0 Å². The highest BCUT2D eigenvalue weighted by atomic mass is 16.1. The van der Waals surface area contributed by atoms with Gasteiger partial charge in [0.15, 0.2) is 0 Å². The Morgan fingerprint density at radius 1 is 1.46 bits per heavy atom. The van der Waals surface area contributed by atoms with E-state index in [1.165, 1.54) is 19.3 Å². The van der Waals surface area contributed by atoms with Gasteiger partial charge < -0.3 is 5.32 Å². The van der Waals surface area contributed by atoms with Crippen molar-refractivity contribution in [3.05, 3.63) is 0 Å². The molecule has 0 spiro atoms. The van der Waals surface area contributed by atoms with Gasteiger partial charge in [-0.15, -0.1) is 0 Å². The maximum Gasteiger partial charge on any atom is 0.137 e. The number of ketones is 1. The zero-order chi connectivity index (χ0) is 9.52. The van der Waals surface area contributed by atoms with Crippen molar-refractivity contribution in [3.8, 4) is 0 Å². The number of nitrogens with one attached hydrogen (secondary N) is 1. The minimum Gasteiger partial charge on any atom is -0.316 e. The van der Waals surface area contributed by atoms with Gasteiger partial charge in [-0.05, 0) is 25.8 Å². The second-order valence-corrected chi connectivity index (χ2v) is 3.97. The summed E-state index contributed by atoms with van der Waals surface area (Å²) in [6.45, 7) is 4.19. The standard InChI is InChI=1S/C11H21NO/c1-2-3-4-7-11(13)10-6-5-8-12-9-10/h10,12H,2-9H2,1H3/t10-/m0/s1. The van der Waals surface area contributed by atoms with Crippen LogP contribution >= 0.6 is 0 Å². The first kappa shape index (κ1) is 10.7. The second-order valence-electron chi connectivity index (χ2n) is 3.97. The van der Waals surface area contributed by atoms with Crippen molar-refractivity contribution >= 4 is 5.78 Å². The van der Waals surface area contributed by atoms with Crippen LogP contribution in [-0.4, -0.2) is 18.9 Å². The van der Waals surface area contributed by atoms with Crippen LogP contribution in [0.15, 0.2) is 0 Å². The quantitative estimate of drug-likeness (QED) is 0.662. The topological polar surface area (TPSA) is 29.1 Å². The van der Waals surface area contributed by atoms with Crippen LogP contribution < -0.4 is 5.32 Å². The van der Waals surface area contributed by atoms with E-state index in [1.807, 2.05) is 0 Å². The van der Waals surface area contributed by atoms with Gasteiger partial charge in [-0.1, -0.05) is 19.8 Å². The van der Waals surface area contributed by atoms with Crippen molar-refractivity contribution in [1.82, 2.24) is 5.32 Å². The van der Waals surface area contributed by atoms with Crippen molar-refractivity contribution in [2.45, 2.75) is 45.4 Å². The Morgan fingerprint density at radius 3 is 2.92 bits per heavy atom. The molecule has 2 nitrogen and oxygen atoms in total. The molecule has 1 rings (SSSR count). The summed E-state index contributed by atoms with van der Waals surface area (Å²) in [6.07, 6.45) is 6.58. The maximum absolute atomic E-state index is 11.6. The fourth-order valence-electron chi connectivity index (χ4n) is 1.88. The lowest BCUT2D eigenvalue weighted by Gasteiger charge is -2.21. The van der Waals surface area contributed by atoms with Gasteiger partial charge in [0, 0.05) is 18.9 Å². The number of piperidine rings is 1. The van der Waals surface area contributed by atoms with Crippen LogP contribution in [0.1, 0.15) is 45.4 Å². The van der Waals surface area contributed by atoms with E-state index < -0.39 is 0 Å². The first-order chi connectivity index (χ1) is 6.34. The fraction of sp³-hybridized carbons (Fsp3) is 0.909. The molecular formula is C11H21NO. The highest BCUT2D eigenvalue weighted by Gasteiger charge is 2.19. The van der Waals surface area contributed by atoms with E-state index in [9.17, 15) is 4.79 Å². The molecule has 1 aliphatic rings. The molecular weight excluding hydrogens is 162 g/mol. The first-order valence-corrected chi connectivity index (χ1v) is 5.58. The van der Waals surface area contributed by atoms with Gasteiger partial charge in [-0.3, -0.25) is 4.79 Å². The molecule has 2 heteroatoms. The van der Waals surface area contributed by atoms with Gasteiger partial charge in [-0.25, -0.2) is 0 Å². The number of rotatable bonds is 5. The second kappa shape index (κ2) is 6.14. The number of hydrogen-bond donors (Lipinski definition) is 1. The molecule has 0 amide bonds. The van der Waals surface area contributed by atoms with E-state index in [0.29, 0.717) is 11.7 Å². The molecule has 1 fully saturated rings. The third kappa shape index (κ3) is 3.90. The summed E-state index contributed by atoms with van der Waals surface area (Å²) in [5.41, 5.74) is 0. The van der Waals surface area contributed by atoms with Crippen LogP contribution in [0.25, 0.3) is 0 Å². The molecule has 0 unspecified atom stereocenters. The summed E-state index contributed by atoms with van der Waals surface area (Å²) >= 11 is 0. The molecule has 0 bridgehead atoms. The largest absolute Gasteiger partial charge is 0.316 e. The predicted octanol–water partition coefficient (Wildman–Crippen LogP) is 2.14. The molecule has 1 aliphatic heterocycles. The lowest BCUT2D eigenvalue weighted by molar-refractivity contribution is -0.123. The maximum atomic E-state index is 11.6. The molecule has 0 radical (unpaired) electrons. The zero-order valence-corrected chi connectivity index (χ0v) is 8.64. The number of carbonyl (C=O) groups is 1. The molecule has 0 aromatic carbocycles. The monoisotopic (exact) mass is 183 g/mol. The van der Waals surface area contributed by atoms with Crippen LogP contribution in [0.3, 0.4) is 0 Å². The average molecular weight is 183 g/mol. The fourth-order valence-corrected chi connectivity index (χ4v) is 1.88.